The zero-order valence-electron chi connectivity index (χ0n) is 9.22. The lowest BCUT2D eigenvalue weighted by molar-refractivity contribution is 0.112. The molecule has 17 heavy (non-hydrogen) atoms. The lowest BCUT2D eigenvalue weighted by Crippen LogP contribution is -2.23. The van der Waals surface area contributed by atoms with E-state index in [4.69, 9.17) is 4.42 Å². The molecule has 3 heteroatoms. The first-order chi connectivity index (χ1) is 8.36. The molecular weight excluding hydrogens is 214 g/mol. The lowest BCUT2D eigenvalue weighted by atomic mass is 10.1. The topological polar surface area (TPSA) is 43.1 Å². The summed E-state index contributed by atoms with van der Waals surface area (Å²) >= 11 is 0. The van der Waals surface area contributed by atoms with Crippen molar-refractivity contribution in [3.05, 3.63) is 40.6 Å². The molecule has 3 rings (SSSR count). The van der Waals surface area contributed by atoms with Crippen LogP contribution in [0.3, 0.4) is 0 Å². The molecule has 1 aromatic carbocycles. The molecule has 1 heterocycles. The summed E-state index contributed by atoms with van der Waals surface area (Å²) < 4.78 is 5.68. The standard InChI is InChI=1S/C14H11NO2/c16-9-10-4-3-5-11(8-10)14-15-12-6-1-2-7-13(12)17-14/h3-9H,1-2H2. The summed E-state index contributed by atoms with van der Waals surface area (Å²) in [4.78, 5) is 15.1. The molecule has 0 N–H and O–H groups in total. The molecule has 0 bridgehead atoms. The molecule has 1 aromatic heterocycles. The molecule has 0 saturated heterocycles. The Bertz CT molecular complexity index is 649. The molecule has 0 unspecified atom stereocenters. The summed E-state index contributed by atoms with van der Waals surface area (Å²) in [5.74, 6) is 0.577. The maximum atomic E-state index is 10.7. The van der Waals surface area contributed by atoms with E-state index < -0.39 is 0 Å². The van der Waals surface area contributed by atoms with Crippen LogP contribution < -0.4 is 10.8 Å². The fourth-order valence-corrected chi connectivity index (χ4v) is 1.94. The Labute approximate surface area is 98.1 Å². The predicted octanol–water partition coefficient (Wildman–Crippen LogP) is 1.51. The van der Waals surface area contributed by atoms with Crippen molar-refractivity contribution in [2.45, 2.75) is 12.8 Å². The number of aldehydes is 1. The Hall–Kier alpha value is -2.16. The van der Waals surface area contributed by atoms with Gasteiger partial charge in [-0.1, -0.05) is 18.2 Å². The largest absolute Gasteiger partial charge is 0.436 e. The Balaban J connectivity index is 2.16. The Morgan fingerprint density at radius 1 is 1.24 bits per heavy atom. The molecule has 0 saturated carbocycles. The van der Waals surface area contributed by atoms with Crippen LogP contribution in [0, 0.1) is 0 Å². The summed E-state index contributed by atoms with van der Waals surface area (Å²) in [5.41, 5.74) is 2.31. The number of hydrogen-bond donors (Lipinski definition) is 0. The quantitative estimate of drug-likeness (QED) is 0.727. The first kappa shape index (κ1) is 10.0. The maximum Gasteiger partial charge on any atom is 0.227 e. The number of carbonyl (C=O) groups is 1. The van der Waals surface area contributed by atoms with Crippen molar-refractivity contribution in [3.63, 3.8) is 0 Å². The van der Waals surface area contributed by atoms with Gasteiger partial charge in [0.15, 0.2) is 5.42 Å². The van der Waals surface area contributed by atoms with Crippen LogP contribution in [0.15, 0.2) is 28.7 Å². The van der Waals surface area contributed by atoms with Gasteiger partial charge in [0, 0.05) is 11.1 Å². The van der Waals surface area contributed by atoms with Crippen molar-refractivity contribution >= 4 is 18.4 Å². The third kappa shape index (κ3) is 1.80. The van der Waals surface area contributed by atoms with Crippen molar-refractivity contribution in [3.8, 4) is 11.5 Å². The van der Waals surface area contributed by atoms with Crippen molar-refractivity contribution < 1.29 is 9.21 Å². The number of oxazole rings is 1. The molecule has 2 aromatic rings. The zero-order chi connectivity index (χ0) is 11.7. The Morgan fingerprint density at radius 3 is 2.94 bits per heavy atom. The lowest BCUT2D eigenvalue weighted by Gasteiger charge is -1.95. The molecule has 0 spiro atoms. The van der Waals surface area contributed by atoms with Crippen LogP contribution in [0.5, 0.6) is 0 Å². The molecule has 84 valence electrons. The van der Waals surface area contributed by atoms with E-state index in [-0.39, 0.29) is 0 Å². The SMILES string of the molecule is O=Cc1cccc(-c2nc3c(o2)=CCCC=3)c1. The molecule has 0 atom stereocenters. The number of benzene rings is 1. The van der Waals surface area contributed by atoms with E-state index in [0.717, 1.165) is 35.5 Å². The average Bonchev–Trinajstić information content (AvgIpc) is 2.82. The van der Waals surface area contributed by atoms with Crippen LogP contribution in [0.4, 0.5) is 0 Å². The molecule has 0 aliphatic heterocycles. The van der Waals surface area contributed by atoms with Gasteiger partial charge in [-0.2, -0.15) is 0 Å². The van der Waals surface area contributed by atoms with Crippen LogP contribution in [0.25, 0.3) is 23.6 Å². The second-order valence-electron chi connectivity index (χ2n) is 4.00. The smallest absolute Gasteiger partial charge is 0.227 e. The van der Waals surface area contributed by atoms with Gasteiger partial charge < -0.3 is 4.42 Å². The van der Waals surface area contributed by atoms with Crippen molar-refractivity contribution in [2.24, 2.45) is 0 Å². The van der Waals surface area contributed by atoms with Gasteiger partial charge in [0.1, 0.15) is 11.6 Å². The number of fused-ring (bicyclic) bond motifs is 1. The molecule has 0 fully saturated rings. The molecular formula is C14H11NO2. The average molecular weight is 225 g/mol. The van der Waals surface area contributed by atoms with Crippen molar-refractivity contribution in [1.82, 2.24) is 4.98 Å². The highest BCUT2D eigenvalue weighted by atomic mass is 16.3. The summed E-state index contributed by atoms with van der Waals surface area (Å²) in [6, 6.07) is 7.27. The highest BCUT2D eigenvalue weighted by Crippen LogP contribution is 2.15. The number of aromatic nitrogens is 1. The van der Waals surface area contributed by atoms with Gasteiger partial charge in [-0.15, -0.1) is 0 Å². The minimum Gasteiger partial charge on any atom is -0.436 e. The van der Waals surface area contributed by atoms with E-state index in [1.165, 1.54) is 0 Å². The van der Waals surface area contributed by atoms with E-state index in [1.54, 1.807) is 12.1 Å². The highest BCUT2D eigenvalue weighted by molar-refractivity contribution is 5.77. The monoisotopic (exact) mass is 225 g/mol. The van der Waals surface area contributed by atoms with Gasteiger partial charge in [0.05, 0.1) is 0 Å². The summed E-state index contributed by atoms with van der Waals surface area (Å²) in [7, 11) is 0. The predicted molar refractivity (Wildman–Crippen MR) is 64.7 cm³/mol. The third-order valence-corrected chi connectivity index (χ3v) is 2.78. The van der Waals surface area contributed by atoms with E-state index in [2.05, 4.69) is 17.1 Å². The fourth-order valence-electron chi connectivity index (χ4n) is 1.94. The summed E-state index contributed by atoms with van der Waals surface area (Å²) in [6.07, 6.45) is 6.95. The Morgan fingerprint density at radius 2 is 2.12 bits per heavy atom. The van der Waals surface area contributed by atoms with Crippen LogP contribution >= 0.6 is 0 Å². The van der Waals surface area contributed by atoms with E-state index in [1.807, 2.05) is 12.1 Å². The molecule has 0 radical (unpaired) electrons. The molecule has 1 aliphatic carbocycles. The van der Waals surface area contributed by atoms with Crippen LogP contribution in [0.2, 0.25) is 0 Å². The van der Waals surface area contributed by atoms with Crippen LogP contribution in [0.1, 0.15) is 23.2 Å². The maximum absolute atomic E-state index is 10.7. The van der Waals surface area contributed by atoms with Crippen molar-refractivity contribution in [1.29, 1.82) is 0 Å². The second-order valence-corrected chi connectivity index (χ2v) is 4.00. The zero-order valence-corrected chi connectivity index (χ0v) is 9.22. The summed E-state index contributed by atoms with van der Waals surface area (Å²) in [6.45, 7) is 0. The van der Waals surface area contributed by atoms with Crippen molar-refractivity contribution in [2.75, 3.05) is 0 Å². The highest BCUT2D eigenvalue weighted by Gasteiger charge is 2.07. The van der Waals surface area contributed by atoms with Gasteiger partial charge in [0.2, 0.25) is 5.89 Å². The number of rotatable bonds is 2. The van der Waals surface area contributed by atoms with Gasteiger partial charge in [-0.05, 0) is 31.1 Å². The second kappa shape index (κ2) is 4.01. The fraction of sp³-hybridized carbons (Fsp3) is 0.143. The first-order valence-electron chi connectivity index (χ1n) is 5.60. The normalized spacial score (nSPS) is 13.4. The van der Waals surface area contributed by atoms with Gasteiger partial charge >= 0.3 is 0 Å². The van der Waals surface area contributed by atoms with Gasteiger partial charge in [-0.3, -0.25) is 4.79 Å². The van der Waals surface area contributed by atoms with Gasteiger partial charge in [0.25, 0.3) is 0 Å². The minimum absolute atomic E-state index is 0.577. The minimum atomic E-state index is 0.577. The Kier molecular flexibility index (Phi) is 2.37. The van der Waals surface area contributed by atoms with Crippen LogP contribution in [-0.4, -0.2) is 11.3 Å². The number of carbonyl (C=O) groups excluding carboxylic acids is 1. The molecule has 0 amide bonds. The van der Waals surface area contributed by atoms with Gasteiger partial charge in [-0.25, -0.2) is 4.98 Å². The number of nitrogens with zero attached hydrogens (tertiary/aromatic N) is 1. The molecule has 3 nitrogen and oxygen atoms in total. The van der Waals surface area contributed by atoms with Crippen LogP contribution in [-0.2, 0) is 0 Å². The van der Waals surface area contributed by atoms with E-state index >= 15 is 0 Å². The summed E-state index contributed by atoms with van der Waals surface area (Å²) in [5, 5.41) is 0.905. The molecule has 1 aliphatic rings. The number of hydrogen-bond acceptors (Lipinski definition) is 3. The van der Waals surface area contributed by atoms with E-state index in [9.17, 15) is 4.79 Å². The van der Waals surface area contributed by atoms with E-state index in [0.29, 0.717) is 11.5 Å². The third-order valence-electron chi connectivity index (χ3n) is 2.78. The first-order valence-corrected chi connectivity index (χ1v) is 5.60.